The van der Waals surface area contributed by atoms with Crippen LogP contribution in [0.2, 0.25) is 0 Å². The minimum atomic E-state index is -5.08. The first kappa shape index (κ1) is 33.9. The summed E-state index contributed by atoms with van der Waals surface area (Å²) in [5, 5.41) is 10.4. The van der Waals surface area contributed by atoms with Crippen LogP contribution in [-0.4, -0.2) is 75.7 Å². The highest BCUT2D eigenvalue weighted by molar-refractivity contribution is 7.92. The van der Waals surface area contributed by atoms with Gasteiger partial charge in [0.25, 0.3) is 15.9 Å². The summed E-state index contributed by atoms with van der Waals surface area (Å²) in [5.74, 6) is -2.83. The van der Waals surface area contributed by atoms with Crippen molar-refractivity contribution in [2.24, 2.45) is 0 Å². The highest BCUT2D eigenvalue weighted by Gasteiger charge is 2.38. The van der Waals surface area contributed by atoms with Crippen LogP contribution in [0.3, 0.4) is 0 Å². The maximum atomic E-state index is 13.3. The van der Waals surface area contributed by atoms with E-state index in [0.717, 1.165) is 63.1 Å². The third kappa shape index (κ3) is 10.2. The van der Waals surface area contributed by atoms with E-state index in [1.54, 1.807) is 18.2 Å². The van der Waals surface area contributed by atoms with Crippen molar-refractivity contribution in [2.45, 2.75) is 57.5 Å². The van der Waals surface area contributed by atoms with Crippen molar-refractivity contribution in [3.63, 3.8) is 0 Å². The van der Waals surface area contributed by atoms with Crippen LogP contribution >= 0.6 is 0 Å². The molecule has 1 heterocycles. The summed E-state index contributed by atoms with van der Waals surface area (Å²) in [6.45, 7) is 10.7. The number of anilines is 2. The molecule has 2 aromatic carbocycles. The zero-order chi connectivity index (χ0) is 30.6. The molecule has 1 amide bonds. The quantitative estimate of drug-likeness (QED) is 0.341. The van der Waals surface area contributed by atoms with Crippen LogP contribution in [0.4, 0.5) is 24.5 Å². The number of nitrogens with zero attached hydrogens (tertiary/aromatic N) is 2. The molecule has 0 bridgehead atoms. The Bertz CT molecular complexity index is 1250. The number of unbranched alkanes of at least 4 members (excludes halogenated alkanes) is 1. The van der Waals surface area contributed by atoms with Crippen LogP contribution in [-0.2, 0) is 21.2 Å². The minimum Gasteiger partial charge on any atom is -0.475 e. The number of piperazine rings is 1. The summed E-state index contributed by atoms with van der Waals surface area (Å²) < 4.78 is 61.1. The van der Waals surface area contributed by atoms with Crippen molar-refractivity contribution >= 4 is 33.3 Å². The summed E-state index contributed by atoms with van der Waals surface area (Å²) in [4.78, 5) is 26.3. The van der Waals surface area contributed by atoms with Crippen molar-refractivity contribution in [1.82, 2.24) is 10.2 Å². The fraction of sp³-hybridized carbons (Fsp3) is 0.500. The molecule has 13 heteroatoms. The van der Waals surface area contributed by atoms with E-state index in [-0.39, 0.29) is 10.8 Å². The molecule has 1 aliphatic rings. The molecule has 0 spiro atoms. The van der Waals surface area contributed by atoms with E-state index in [9.17, 15) is 26.4 Å². The molecule has 41 heavy (non-hydrogen) atoms. The van der Waals surface area contributed by atoms with Crippen LogP contribution in [0.15, 0.2) is 47.4 Å². The van der Waals surface area contributed by atoms with Crippen molar-refractivity contribution in [2.75, 3.05) is 48.9 Å². The van der Waals surface area contributed by atoms with Gasteiger partial charge in [-0.2, -0.15) is 13.2 Å². The molecular formula is C28H39F3N4O5S. The second-order valence-electron chi connectivity index (χ2n) is 9.51. The number of rotatable bonds is 11. The number of carboxylic acid groups (broad SMARTS) is 1. The number of nitrogens with one attached hydrogen (secondary N) is 2. The van der Waals surface area contributed by atoms with E-state index >= 15 is 0 Å². The summed E-state index contributed by atoms with van der Waals surface area (Å²) in [5.41, 5.74) is 2.84. The van der Waals surface area contributed by atoms with Gasteiger partial charge in [-0.15, -0.1) is 0 Å². The fourth-order valence-corrected chi connectivity index (χ4v) is 5.26. The van der Waals surface area contributed by atoms with Gasteiger partial charge in [-0.05, 0) is 55.7 Å². The average molecular weight is 601 g/mol. The number of alkyl halides is 3. The van der Waals surface area contributed by atoms with E-state index in [2.05, 4.69) is 28.8 Å². The molecule has 3 rings (SSSR count). The SMILES string of the molecule is CCCCN(CC)C(=O)c1ccc(N2CCNCC2)c(NS(=O)(=O)c2ccc(CCC)cc2)c1.O=C(O)C(F)(F)F. The molecule has 0 radical (unpaired) electrons. The number of hydrogen-bond acceptors (Lipinski definition) is 6. The Balaban J connectivity index is 0.000000745. The lowest BCUT2D eigenvalue weighted by atomic mass is 10.1. The summed E-state index contributed by atoms with van der Waals surface area (Å²) in [7, 11) is -3.81. The molecule has 3 N–H and O–H groups in total. The molecular weight excluding hydrogens is 561 g/mol. The maximum Gasteiger partial charge on any atom is 0.490 e. The van der Waals surface area contributed by atoms with Gasteiger partial charge in [0, 0.05) is 44.8 Å². The Morgan fingerprint density at radius 2 is 1.63 bits per heavy atom. The van der Waals surface area contributed by atoms with Crippen LogP contribution in [0.1, 0.15) is 56.0 Å². The molecule has 0 aliphatic carbocycles. The van der Waals surface area contributed by atoms with Crippen LogP contribution in [0.5, 0.6) is 0 Å². The Morgan fingerprint density at radius 3 is 2.15 bits per heavy atom. The molecule has 0 atom stereocenters. The second kappa shape index (κ2) is 15.6. The van der Waals surface area contributed by atoms with Crippen molar-refractivity contribution in [1.29, 1.82) is 0 Å². The lowest BCUT2D eigenvalue weighted by Crippen LogP contribution is -2.43. The standard InChI is InChI=1S/C26H38N4O3S.C2HF3O2/c1-4-7-17-29(6-3)26(31)22-11-14-25(30-18-15-27-16-19-30)24(20-22)28-34(32,33)23-12-9-21(8-5-2)10-13-23;3-2(4,5)1(6)7/h9-14,20,27-28H,4-8,15-19H2,1-3H3;(H,6,7). The Labute approximate surface area is 239 Å². The summed E-state index contributed by atoms with van der Waals surface area (Å²) >= 11 is 0. The molecule has 0 unspecified atom stereocenters. The first-order valence-electron chi connectivity index (χ1n) is 13.6. The highest BCUT2D eigenvalue weighted by Crippen LogP contribution is 2.30. The predicted molar refractivity (Wildman–Crippen MR) is 153 cm³/mol. The summed E-state index contributed by atoms with van der Waals surface area (Å²) in [6.07, 6.45) is -1.22. The van der Waals surface area contributed by atoms with E-state index in [4.69, 9.17) is 9.90 Å². The van der Waals surface area contributed by atoms with Crippen LogP contribution < -0.4 is 14.9 Å². The molecule has 2 aromatic rings. The molecule has 0 aromatic heterocycles. The normalized spacial score (nSPS) is 13.7. The van der Waals surface area contributed by atoms with E-state index in [1.165, 1.54) is 0 Å². The first-order valence-corrected chi connectivity index (χ1v) is 15.1. The zero-order valence-corrected chi connectivity index (χ0v) is 24.4. The first-order chi connectivity index (χ1) is 19.3. The Kier molecular flexibility index (Phi) is 12.9. The second-order valence-corrected chi connectivity index (χ2v) is 11.2. The van der Waals surface area contributed by atoms with Crippen LogP contribution in [0, 0.1) is 0 Å². The van der Waals surface area contributed by atoms with E-state index in [1.807, 2.05) is 36.1 Å². The van der Waals surface area contributed by atoms with Gasteiger partial charge in [0.1, 0.15) is 0 Å². The van der Waals surface area contributed by atoms with Gasteiger partial charge in [0.15, 0.2) is 0 Å². The van der Waals surface area contributed by atoms with Crippen molar-refractivity contribution in [3.05, 3.63) is 53.6 Å². The number of benzene rings is 2. The van der Waals surface area contributed by atoms with E-state index in [0.29, 0.717) is 24.3 Å². The third-order valence-electron chi connectivity index (χ3n) is 6.41. The van der Waals surface area contributed by atoms with Gasteiger partial charge in [-0.3, -0.25) is 9.52 Å². The molecule has 9 nitrogen and oxygen atoms in total. The van der Waals surface area contributed by atoms with Gasteiger partial charge in [0.05, 0.1) is 16.3 Å². The number of amides is 1. The molecule has 0 saturated carbocycles. The number of aryl methyl sites for hydroxylation is 1. The maximum absolute atomic E-state index is 13.3. The number of carboxylic acids is 1. The van der Waals surface area contributed by atoms with Gasteiger partial charge in [-0.1, -0.05) is 38.8 Å². The van der Waals surface area contributed by atoms with Crippen LogP contribution in [0.25, 0.3) is 0 Å². The lowest BCUT2D eigenvalue weighted by molar-refractivity contribution is -0.192. The number of aliphatic carboxylic acids is 1. The van der Waals surface area contributed by atoms with Gasteiger partial charge in [0.2, 0.25) is 0 Å². The molecule has 1 fully saturated rings. The van der Waals surface area contributed by atoms with E-state index < -0.39 is 22.2 Å². The van der Waals surface area contributed by atoms with Crippen molar-refractivity contribution < 1.29 is 36.3 Å². The number of carbonyl (C=O) groups is 2. The largest absolute Gasteiger partial charge is 0.490 e. The summed E-state index contributed by atoms with van der Waals surface area (Å²) in [6, 6.07) is 12.4. The zero-order valence-electron chi connectivity index (χ0n) is 23.6. The smallest absolute Gasteiger partial charge is 0.475 e. The Hall–Kier alpha value is -3.32. The predicted octanol–water partition coefficient (Wildman–Crippen LogP) is 4.75. The molecule has 1 aliphatic heterocycles. The third-order valence-corrected chi connectivity index (χ3v) is 7.79. The number of halogens is 3. The molecule has 1 saturated heterocycles. The monoisotopic (exact) mass is 600 g/mol. The minimum absolute atomic E-state index is 0.0767. The highest BCUT2D eigenvalue weighted by atomic mass is 32.2. The van der Waals surface area contributed by atoms with Gasteiger partial charge in [-0.25, -0.2) is 13.2 Å². The van der Waals surface area contributed by atoms with Crippen molar-refractivity contribution in [3.8, 4) is 0 Å². The van der Waals surface area contributed by atoms with Gasteiger partial charge >= 0.3 is 12.1 Å². The Morgan fingerprint density at radius 1 is 1.02 bits per heavy atom. The topological polar surface area (TPSA) is 119 Å². The number of hydrogen-bond donors (Lipinski definition) is 3. The fourth-order valence-electron chi connectivity index (χ4n) is 4.19. The number of carbonyl (C=O) groups excluding carboxylic acids is 1. The lowest BCUT2D eigenvalue weighted by Gasteiger charge is -2.31. The number of sulfonamides is 1. The average Bonchev–Trinajstić information content (AvgIpc) is 2.94. The van der Waals surface area contributed by atoms with Gasteiger partial charge < -0.3 is 20.2 Å². The molecule has 228 valence electrons.